The molecule has 0 fully saturated rings. The molecule has 0 aliphatic rings. The maximum atomic E-state index is 11.8. The van der Waals surface area contributed by atoms with E-state index in [1.807, 2.05) is 13.8 Å². The summed E-state index contributed by atoms with van der Waals surface area (Å²) in [5.74, 6) is -1.62. The van der Waals surface area contributed by atoms with Gasteiger partial charge in [-0.05, 0) is 12.1 Å². The number of nitrogens with zero attached hydrogens (tertiary/aromatic N) is 2. The third kappa shape index (κ3) is 2.75. The molecule has 2 heterocycles. The average molecular weight is 300 g/mol. The zero-order valence-corrected chi connectivity index (χ0v) is 11.3. The zero-order chi connectivity index (χ0) is 15.4. The maximum absolute atomic E-state index is 11.8. The fourth-order valence-corrected chi connectivity index (χ4v) is 1.61. The second-order valence-corrected chi connectivity index (χ2v) is 3.66. The summed E-state index contributed by atoms with van der Waals surface area (Å²) in [6.45, 7) is 4.00. The Hall–Kier alpha value is -2.48. The van der Waals surface area contributed by atoms with Gasteiger partial charge in [0.15, 0.2) is 0 Å². The van der Waals surface area contributed by atoms with E-state index in [1.54, 1.807) is 0 Å². The Kier molecular flexibility index (Phi) is 4.76. The first-order valence-corrected chi connectivity index (χ1v) is 5.90. The number of rotatable bonds is 2. The molecule has 0 bridgehead atoms. The standard InChI is InChI=1S/C9H4ClN3O5.C2H6/c10-4-2-1-3-7(14)6(13(17)18)5(9(15)16)12-8(3)11-4;1-2/h1-2H,(H,15,16)(H,11,12,14);1-2H3. The van der Waals surface area contributed by atoms with Gasteiger partial charge in [0, 0.05) is 0 Å². The molecule has 0 aliphatic heterocycles. The molecule has 2 aromatic rings. The highest BCUT2D eigenvalue weighted by molar-refractivity contribution is 6.29. The first-order valence-electron chi connectivity index (χ1n) is 5.52. The second-order valence-electron chi connectivity index (χ2n) is 3.27. The number of aromatic amines is 1. The Morgan fingerprint density at radius 1 is 1.45 bits per heavy atom. The number of hydrogen-bond donors (Lipinski definition) is 2. The van der Waals surface area contributed by atoms with Crippen LogP contribution in [0, 0.1) is 10.1 Å². The van der Waals surface area contributed by atoms with Gasteiger partial charge in [0.1, 0.15) is 10.8 Å². The predicted octanol–water partition coefficient (Wildman–Crippen LogP) is 2.21. The van der Waals surface area contributed by atoms with E-state index in [2.05, 4.69) is 9.97 Å². The number of aromatic carboxylic acids is 1. The first kappa shape index (κ1) is 15.6. The molecule has 0 atom stereocenters. The van der Waals surface area contributed by atoms with Crippen molar-refractivity contribution in [3.05, 3.63) is 43.3 Å². The molecular formula is C11H10ClN3O5. The van der Waals surface area contributed by atoms with Crippen molar-refractivity contribution in [1.82, 2.24) is 9.97 Å². The van der Waals surface area contributed by atoms with Gasteiger partial charge in [-0.3, -0.25) is 14.9 Å². The molecule has 8 nitrogen and oxygen atoms in total. The van der Waals surface area contributed by atoms with E-state index in [4.69, 9.17) is 16.7 Å². The lowest BCUT2D eigenvalue weighted by Gasteiger charge is -2.01. The summed E-state index contributed by atoms with van der Waals surface area (Å²) in [5.41, 5.74) is -2.99. The Morgan fingerprint density at radius 2 is 2.05 bits per heavy atom. The van der Waals surface area contributed by atoms with Crippen molar-refractivity contribution in [3.8, 4) is 0 Å². The molecule has 0 amide bonds. The van der Waals surface area contributed by atoms with Crippen LogP contribution in [0.4, 0.5) is 5.69 Å². The number of carboxylic acid groups (broad SMARTS) is 1. The number of aromatic nitrogens is 2. The van der Waals surface area contributed by atoms with Crippen molar-refractivity contribution < 1.29 is 14.8 Å². The van der Waals surface area contributed by atoms with Crippen LogP contribution in [0.3, 0.4) is 0 Å². The Balaban J connectivity index is 0.000000956. The highest BCUT2D eigenvalue weighted by Crippen LogP contribution is 2.17. The molecule has 0 saturated carbocycles. The van der Waals surface area contributed by atoms with E-state index in [0.717, 1.165) is 0 Å². The minimum atomic E-state index is -1.62. The monoisotopic (exact) mass is 299 g/mol. The predicted molar refractivity (Wildman–Crippen MR) is 72.3 cm³/mol. The quantitative estimate of drug-likeness (QED) is 0.497. The molecule has 20 heavy (non-hydrogen) atoms. The molecule has 9 heteroatoms. The van der Waals surface area contributed by atoms with Gasteiger partial charge in [0.05, 0.1) is 10.3 Å². The van der Waals surface area contributed by atoms with E-state index >= 15 is 0 Å². The lowest BCUT2D eigenvalue weighted by molar-refractivity contribution is -0.386. The van der Waals surface area contributed by atoms with Crippen molar-refractivity contribution in [1.29, 1.82) is 0 Å². The molecule has 0 spiro atoms. The number of carboxylic acids is 1. The number of nitrogens with one attached hydrogen (secondary N) is 1. The zero-order valence-electron chi connectivity index (χ0n) is 10.5. The van der Waals surface area contributed by atoms with Gasteiger partial charge < -0.3 is 10.1 Å². The summed E-state index contributed by atoms with van der Waals surface area (Å²) in [7, 11) is 0. The third-order valence-corrected chi connectivity index (χ3v) is 2.41. The molecule has 2 rings (SSSR count). The summed E-state index contributed by atoms with van der Waals surface area (Å²) in [6.07, 6.45) is 0. The molecule has 0 aromatic carbocycles. The van der Waals surface area contributed by atoms with Crippen LogP contribution in [0.2, 0.25) is 5.15 Å². The number of pyridine rings is 2. The fourth-order valence-electron chi connectivity index (χ4n) is 1.46. The van der Waals surface area contributed by atoms with Crippen LogP contribution in [0.15, 0.2) is 16.9 Å². The van der Waals surface area contributed by atoms with Gasteiger partial charge in [-0.25, -0.2) is 9.78 Å². The van der Waals surface area contributed by atoms with Crippen LogP contribution in [-0.4, -0.2) is 26.0 Å². The number of H-pyrrole nitrogens is 1. The van der Waals surface area contributed by atoms with E-state index in [0.29, 0.717) is 0 Å². The van der Waals surface area contributed by atoms with Crippen molar-refractivity contribution >= 4 is 34.3 Å². The third-order valence-electron chi connectivity index (χ3n) is 2.20. The number of carbonyl (C=O) groups is 1. The van der Waals surface area contributed by atoms with Crippen LogP contribution in [0.5, 0.6) is 0 Å². The molecule has 106 valence electrons. The van der Waals surface area contributed by atoms with E-state index < -0.39 is 27.7 Å². The van der Waals surface area contributed by atoms with Gasteiger partial charge in [-0.2, -0.15) is 0 Å². The fraction of sp³-hybridized carbons (Fsp3) is 0.182. The minimum Gasteiger partial charge on any atom is -0.476 e. The van der Waals surface area contributed by atoms with Crippen molar-refractivity contribution in [2.24, 2.45) is 0 Å². The maximum Gasteiger partial charge on any atom is 0.359 e. The van der Waals surface area contributed by atoms with Crippen molar-refractivity contribution in [2.45, 2.75) is 13.8 Å². The summed E-state index contributed by atoms with van der Waals surface area (Å²) in [4.78, 5) is 38.3. The topological polar surface area (TPSA) is 126 Å². The average Bonchev–Trinajstić information content (AvgIpc) is 2.39. The highest BCUT2D eigenvalue weighted by Gasteiger charge is 2.27. The largest absolute Gasteiger partial charge is 0.476 e. The number of nitro groups is 1. The number of fused-ring (bicyclic) bond motifs is 1. The van der Waals surface area contributed by atoms with Crippen LogP contribution < -0.4 is 5.43 Å². The lowest BCUT2D eigenvalue weighted by atomic mass is 10.2. The highest BCUT2D eigenvalue weighted by atomic mass is 35.5. The van der Waals surface area contributed by atoms with E-state index in [1.165, 1.54) is 12.1 Å². The van der Waals surface area contributed by atoms with Crippen LogP contribution in [0.25, 0.3) is 11.0 Å². The van der Waals surface area contributed by atoms with Gasteiger partial charge in [-0.15, -0.1) is 0 Å². The SMILES string of the molecule is CC.O=C(O)c1[nH]c2nc(Cl)ccc2c(=O)c1[N+](=O)[O-]. The van der Waals surface area contributed by atoms with Gasteiger partial charge in [-0.1, -0.05) is 25.4 Å². The van der Waals surface area contributed by atoms with Crippen LogP contribution in [0.1, 0.15) is 24.3 Å². The minimum absolute atomic E-state index is 0.0309. The first-order chi connectivity index (χ1) is 9.41. The van der Waals surface area contributed by atoms with Crippen LogP contribution in [-0.2, 0) is 0 Å². The van der Waals surface area contributed by atoms with Crippen LogP contribution >= 0.6 is 11.6 Å². The molecule has 0 radical (unpaired) electrons. The Bertz CT molecular complexity index is 741. The lowest BCUT2D eigenvalue weighted by Crippen LogP contribution is -2.17. The number of halogens is 1. The van der Waals surface area contributed by atoms with Gasteiger partial charge >= 0.3 is 11.7 Å². The summed E-state index contributed by atoms with van der Waals surface area (Å²) < 4.78 is 0. The normalized spacial score (nSPS) is 9.75. The van der Waals surface area contributed by atoms with Gasteiger partial charge in [0.25, 0.3) is 5.43 Å². The van der Waals surface area contributed by atoms with E-state index in [-0.39, 0.29) is 16.2 Å². The number of hydrogen-bond acceptors (Lipinski definition) is 5. The molecule has 2 N–H and O–H groups in total. The van der Waals surface area contributed by atoms with Crippen molar-refractivity contribution in [3.63, 3.8) is 0 Å². The summed E-state index contributed by atoms with van der Waals surface area (Å²) in [5, 5.41) is 19.5. The second kappa shape index (κ2) is 6.11. The van der Waals surface area contributed by atoms with Gasteiger partial charge in [0.2, 0.25) is 5.69 Å². The summed E-state index contributed by atoms with van der Waals surface area (Å²) in [6, 6.07) is 2.52. The Morgan fingerprint density at radius 3 is 2.55 bits per heavy atom. The summed E-state index contributed by atoms with van der Waals surface area (Å²) >= 11 is 5.59. The smallest absolute Gasteiger partial charge is 0.359 e. The van der Waals surface area contributed by atoms with Crippen molar-refractivity contribution in [2.75, 3.05) is 0 Å². The Labute approximate surface area is 117 Å². The molecule has 0 saturated heterocycles. The molecule has 0 aliphatic carbocycles. The van der Waals surface area contributed by atoms with E-state index in [9.17, 15) is 19.7 Å². The molecule has 0 unspecified atom stereocenters. The molecule has 2 aromatic heterocycles. The molecular weight excluding hydrogens is 290 g/mol.